The fraction of sp³-hybridized carbons (Fsp3) is 0.700. The van der Waals surface area contributed by atoms with Crippen LogP contribution in [0.1, 0.15) is 43.1 Å². The van der Waals surface area contributed by atoms with Crippen molar-refractivity contribution in [3.8, 4) is 0 Å². The Morgan fingerprint density at radius 1 is 1.50 bits per heavy atom. The average Bonchev–Trinajstić information content (AvgIpc) is 2.78. The Balaban J connectivity index is 2.32. The fourth-order valence-electron chi connectivity index (χ4n) is 2.20. The van der Waals surface area contributed by atoms with Crippen molar-refractivity contribution in [2.24, 2.45) is 7.05 Å². The van der Waals surface area contributed by atoms with Crippen molar-refractivity contribution in [3.05, 3.63) is 16.1 Å². The van der Waals surface area contributed by atoms with Crippen LogP contribution in [0, 0.1) is 0 Å². The third kappa shape index (κ3) is 1.61. The van der Waals surface area contributed by atoms with E-state index in [1.54, 1.807) is 0 Å². The second-order valence-electron chi connectivity index (χ2n) is 3.91. The number of hydrogen-bond donors (Lipinski definition) is 1. The van der Waals surface area contributed by atoms with Gasteiger partial charge in [0.25, 0.3) is 0 Å². The Hall–Kier alpha value is -0.350. The number of rotatable bonds is 2. The van der Waals surface area contributed by atoms with E-state index >= 15 is 0 Å². The summed E-state index contributed by atoms with van der Waals surface area (Å²) in [5.41, 5.74) is 0.759. The zero-order valence-corrected chi connectivity index (χ0v) is 9.92. The van der Waals surface area contributed by atoms with E-state index in [0.717, 1.165) is 16.1 Å². The third-order valence-electron chi connectivity index (χ3n) is 3.00. The fourth-order valence-corrected chi connectivity index (χ4v) is 2.60. The molecule has 1 fully saturated rings. The van der Waals surface area contributed by atoms with Crippen LogP contribution in [0.4, 0.5) is 0 Å². The molecule has 0 unspecified atom stereocenters. The van der Waals surface area contributed by atoms with Gasteiger partial charge in [0.15, 0.2) is 0 Å². The molecule has 0 bridgehead atoms. The third-order valence-corrected chi connectivity index (χ3v) is 3.99. The van der Waals surface area contributed by atoms with Gasteiger partial charge in [0.1, 0.15) is 10.4 Å². The van der Waals surface area contributed by atoms with E-state index in [1.807, 2.05) is 7.05 Å². The largest absolute Gasteiger partial charge is 0.390 e. The van der Waals surface area contributed by atoms with Gasteiger partial charge in [-0.05, 0) is 28.8 Å². The summed E-state index contributed by atoms with van der Waals surface area (Å²) in [4.78, 5) is 4.48. The smallest absolute Gasteiger partial charge is 0.112 e. The van der Waals surface area contributed by atoms with Gasteiger partial charge in [0, 0.05) is 13.0 Å². The van der Waals surface area contributed by atoms with Crippen molar-refractivity contribution in [1.82, 2.24) is 9.55 Å². The normalized spacial score (nSPS) is 17.9. The number of hydrogen-bond acceptors (Lipinski definition) is 2. The van der Waals surface area contributed by atoms with Crippen molar-refractivity contribution >= 4 is 15.9 Å². The number of imidazole rings is 1. The highest BCUT2D eigenvalue weighted by molar-refractivity contribution is 9.10. The Labute approximate surface area is 92.3 Å². The molecule has 0 aliphatic heterocycles. The second-order valence-corrected chi connectivity index (χ2v) is 4.66. The maximum Gasteiger partial charge on any atom is 0.112 e. The van der Waals surface area contributed by atoms with E-state index in [4.69, 9.17) is 5.11 Å². The van der Waals surface area contributed by atoms with Crippen LogP contribution in [0.15, 0.2) is 4.60 Å². The van der Waals surface area contributed by atoms with Crippen molar-refractivity contribution in [1.29, 1.82) is 0 Å². The summed E-state index contributed by atoms with van der Waals surface area (Å²) in [7, 11) is 2.00. The molecule has 0 spiro atoms. The van der Waals surface area contributed by atoms with E-state index in [2.05, 4.69) is 25.5 Å². The molecule has 1 aromatic rings. The molecule has 0 aromatic carbocycles. The van der Waals surface area contributed by atoms with Crippen molar-refractivity contribution in [3.63, 3.8) is 0 Å². The summed E-state index contributed by atoms with van der Waals surface area (Å²) in [6.45, 7) is 0.0150. The summed E-state index contributed by atoms with van der Waals surface area (Å²) in [5.74, 6) is 1.72. The number of aliphatic hydroxyl groups excluding tert-OH is 1. The Morgan fingerprint density at radius 2 is 2.14 bits per heavy atom. The summed E-state index contributed by atoms with van der Waals surface area (Å²) >= 11 is 3.45. The minimum Gasteiger partial charge on any atom is -0.390 e. The first-order valence-electron chi connectivity index (χ1n) is 5.06. The highest BCUT2D eigenvalue weighted by Crippen LogP contribution is 2.35. The van der Waals surface area contributed by atoms with E-state index in [0.29, 0.717) is 5.92 Å². The molecule has 0 saturated heterocycles. The summed E-state index contributed by atoms with van der Waals surface area (Å²) in [6.07, 6.45) is 5.09. The van der Waals surface area contributed by atoms with Gasteiger partial charge in [-0.1, -0.05) is 12.8 Å². The van der Waals surface area contributed by atoms with E-state index < -0.39 is 0 Å². The minimum atomic E-state index is 0.0150. The van der Waals surface area contributed by atoms with Crippen molar-refractivity contribution in [2.45, 2.75) is 38.2 Å². The molecule has 1 saturated carbocycles. The molecule has 4 heteroatoms. The Kier molecular flexibility index (Phi) is 2.93. The number of aromatic nitrogens is 2. The lowest BCUT2D eigenvalue weighted by molar-refractivity contribution is 0.276. The van der Waals surface area contributed by atoms with E-state index in [1.165, 1.54) is 25.7 Å². The van der Waals surface area contributed by atoms with E-state index in [-0.39, 0.29) is 6.61 Å². The number of aliphatic hydroxyl groups is 1. The molecule has 0 amide bonds. The predicted octanol–water partition coefficient (Wildman–Crippen LogP) is 2.33. The molecular formula is C10H15BrN2O. The Bertz CT molecular complexity index is 329. The molecule has 1 aliphatic rings. The van der Waals surface area contributed by atoms with Gasteiger partial charge in [-0.25, -0.2) is 4.98 Å². The van der Waals surface area contributed by atoms with Crippen LogP contribution in [0.2, 0.25) is 0 Å². The molecular weight excluding hydrogens is 244 g/mol. The van der Waals surface area contributed by atoms with Gasteiger partial charge < -0.3 is 9.67 Å². The molecule has 3 nitrogen and oxygen atoms in total. The van der Waals surface area contributed by atoms with Crippen molar-refractivity contribution in [2.75, 3.05) is 0 Å². The minimum absolute atomic E-state index is 0.0150. The van der Waals surface area contributed by atoms with Gasteiger partial charge >= 0.3 is 0 Å². The summed E-state index contributed by atoms with van der Waals surface area (Å²) in [6, 6.07) is 0. The molecule has 1 aromatic heterocycles. The molecule has 0 atom stereocenters. The molecule has 2 rings (SSSR count). The molecule has 0 radical (unpaired) electrons. The first-order valence-corrected chi connectivity index (χ1v) is 5.85. The van der Waals surface area contributed by atoms with E-state index in [9.17, 15) is 0 Å². The topological polar surface area (TPSA) is 38.0 Å². The quantitative estimate of drug-likeness (QED) is 0.885. The Morgan fingerprint density at radius 3 is 2.64 bits per heavy atom. The molecule has 1 N–H and O–H groups in total. The SMILES string of the molecule is Cn1c(C2CCCC2)nc(CO)c1Br. The van der Waals surface area contributed by atoms with Gasteiger partial charge in [0.2, 0.25) is 0 Å². The van der Waals surface area contributed by atoms with Crippen LogP contribution in [-0.2, 0) is 13.7 Å². The lowest BCUT2D eigenvalue weighted by atomic mass is 10.1. The maximum absolute atomic E-state index is 9.09. The van der Waals surface area contributed by atoms with Crippen LogP contribution < -0.4 is 0 Å². The molecule has 1 heterocycles. The summed E-state index contributed by atoms with van der Waals surface area (Å²) < 4.78 is 2.98. The monoisotopic (exact) mass is 258 g/mol. The predicted molar refractivity (Wildman–Crippen MR) is 58.0 cm³/mol. The van der Waals surface area contributed by atoms with Crippen LogP contribution in [0.3, 0.4) is 0 Å². The highest BCUT2D eigenvalue weighted by atomic mass is 79.9. The van der Waals surface area contributed by atoms with Gasteiger partial charge in [0.05, 0.1) is 12.3 Å². The average molecular weight is 259 g/mol. The molecule has 14 heavy (non-hydrogen) atoms. The maximum atomic E-state index is 9.09. The standard InChI is InChI=1S/C10H15BrN2O/c1-13-9(11)8(6-14)12-10(13)7-4-2-3-5-7/h7,14H,2-6H2,1H3. The zero-order chi connectivity index (χ0) is 10.1. The van der Waals surface area contributed by atoms with Crippen LogP contribution in [0.25, 0.3) is 0 Å². The van der Waals surface area contributed by atoms with Crippen LogP contribution in [0.5, 0.6) is 0 Å². The lowest BCUT2D eigenvalue weighted by Gasteiger charge is -2.08. The zero-order valence-electron chi connectivity index (χ0n) is 8.33. The first kappa shape index (κ1) is 10.2. The van der Waals surface area contributed by atoms with Gasteiger partial charge in [-0.2, -0.15) is 0 Å². The first-order chi connectivity index (χ1) is 6.74. The van der Waals surface area contributed by atoms with Crippen molar-refractivity contribution < 1.29 is 5.11 Å². The second kappa shape index (κ2) is 4.03. The van der Waals surface area contributed by atoms with Gasteiger partial charge in [-0.15, -0.1) is 0 Å². The van der Waals surface area contributed by atoms with Crippen LogP contribution in [-0.4, -0.2) is 14.7 Å². The number of halogens is 1. The molecule has 78 valence electrons. The summed E-state index contributed by atoms with van der Waals surface area (Å²) in [5, 5.41) is 9.09. The highest BCUT2D eigenvalue weighted by Gasteiger charge is 2.23. The molecule has 1 aliphatic carbocycles. The van der Waals surface area contributed by atoms with Crippen LogP contribution >= 0.6 is 15.9 Å². The lowest BCUT2D eigenvalue weighted by Crippen LogP contribution is -2.02. The van der Waals surface area contributed by atoms with Gasteiger partial charge in [-0.3, -0.25) is 0 Å². The number of nitrogens with zero attached hydrogens (tertiary/aromatic N) is 2.